The van der Waals surface area contributed by atoms with Crippen LogP contribution >= 0.6 is 0 Å². The van der Waals surface area contributed by atoms with Crippen LogP contribution in [0.1, 0.15) is 5.56 Å². The molecule has 0 saturated carbocycles. The molecule has 0 aliphatic carbocycles. The summed E-state index contributed by atoms with van der Waals surface area (Å²) in [5.74, 6) is 0. The second-order valence-corrected chi connectivity index (χ2v) is 12.7. The zero-order valence-electron chi connectivity index (χ0n) is 18.4. The van der Waals surface area contributed by atoms with Gasteiger partial charge < -0.3 is 4.42 Å². The summed E-state index contributed by atoms with van der Waals surface area (Å²) in [5, 5.41) is 8.15. The highest BCUT2D eigenvalue weighted by atomic mass is 28.3. The molecule has 2 heteroatoms. The van der Waals surface area contributed by atoms with E-state index in [-0.39, 0.29) is 0 Å². The number of benzene rings is 5. The predicted octanol–water partition coefficient (Wildman–Crippen LogP) is 5.25. The fourth-order valence-electron chi connectivity index (χ4n) is 5.94. The van der Waals surface area contributed by atoms with Crippen LogP contribution in [-0.4, -0.2) is 8.07 Å². The van der Waals surface area contributed by atoms with E-state index < -0.39 is 8.07 Å². The van der Waals surface area contributed by atoms with E-state index in [1.54, 1.807) is 0 Å². The van der Waals surface area contributed by atoms with E-state index in [0.717, 1.165) is 11.2 Å². The third kappa shape index (κ3) is 2.41. The molecular weight excluding hydrogens is 416 g/mol. The van der Waals surface area contributed by atoms with Gasteiger partial charge in [0.2, 0.25) is 0 Å². The lowest BCUT2D eigenvalue weighted by molar-refractivity contribution is 0.669. The number of hydrogen-bond donors (Lipinski definition) is 0. The molecule has 0 bridgehead atoms. The van der Waals surface area contributed by atoms with Gasteiger partial charge in [0, 0.05) is 10.8 Å². The van der Waals surface area contributed by atoms with Gasteiger partial charge in [-0.3, -0.25) is 0 Å². The van der Waals surface area contributed by atoms with Crippen molar-refractivity contribution >= 4 is 50.8 Å². The van der Waals surface area contributed by atoms with E-state index in [2.05, 4.69) is 122 Å². The second-order valence-electron chi connectivity index (χ2n) is 8.97. The Kier molecular flexibility index (Phi) is 3.85. The van der Waals surface area contributed by atoms with Crippen molar-refractivity contribution in [2.45, 2.75) is 6.92 Å². The van der Waals surface area contributed by atoms with E-state index in [1.165, 1.54) is 48.2 Å². The largest absolute Gasteiger partial charge is 0.456 e. The summed E-state index contributed by atoms with van der Waals surface area (Å²) in [6, 6.07) is 42.3. The number of aryl methyl sites for hydroxylation is 1. The van der Waals surface area contributed by atoms with Gasteiger partial charge in [-0.1, -0.05) is 97.1 Å². The van der Waals surface area contributed by atoms with Gasteiger partial charge in [-0.15, -0.1) is 0 Å². The molecule has 5 aromatic carbocycles. The van der Waals surface area contributed by atoms with Gasteiger partial charge in [-0.05, 0) is 62.6 Å². The fourth-order valence-corrected chi connectivity index (χ4v) is 11.1. The summed E-state index contributed by atoms with van der Waals surface area (Å²) < 4.78 is 6.44. The summed E-state index contributed by atoms with van der Waals surface area (Å²) >= 11 is 0. The zero-order valence-corrected chi connectivity index (χ0v) is 19.4. The van der Waals surface area contributed by atoms with Crippen molar-refractivity contribution < 1.29 is 4.42 Å². The summed E-state index contributed by atoms with van der Waals surface area (Å²) in [5.41, 5.74) is 5.91. The van der Waals surface area contributed by atoms with Gasteiger partial charge in [0.1, 0.15) is 11.2 Å². The van der Waals surface area contributed by atoms with Crippen LogP contribution in [0.4, 0.5) is 0 Å². The highest BCUT2D eigenvalue weighted by molar-refractivity contribution is 7.22. The molecule has 0 amide bonds. The standard InChI is InChI=1S/C31H22OSi/c1-21-11-10-17-27-31(21)26-19-25-24-16-8-9-18-29(24)33(22-12-4-2-5-13-22,23-14-6-3-7-15-23)30(25)20-28(26)32-27/h2-20H,1H3. The van der Waals surface area contributed by atoms with Crippen molar-refractivity contribution in [2.75, 3.05) is 0 Å². The van der Waals surface area contributed by atoms with Crippen LogP contribution in [0, 0.1) is 6.92 Å². The van der Waals surface area contributed by atoms with E-state index in [4.69, 9.17) is 4.42 Å². The summed E-state index contributed by atoms with van der Waals surface area (Å²) in [6.45, 7) is 2.17. The fraction of sp³-hybridized carbons (Fsp3) is 0.0323. The maximum absolute atomic E-state index is 6.44. The Balaban J connectivity index is 1.69. The lowest BCUT2D eigenvalue weighted by atomic mass is 10.0. The molecular formula is C31H22OSi. The lowest BCUT2D eigenvalue weighted by Crippen LogP contribution is -2.72. The first-order valence-electron chi connectivity index (χ1n) is 11.5. The maximum atomic E-state index is 6.44. The first-order chi connectivity index (χ1) is 16.3. The second kappa shape index (κ2) is 6.81. The molecule has 1 aromatic heterocycles. The topological polar surface area (TPSA) is 13.1 Å². The van der Waals surface area contributed by atoms with Crippen LogP contribution in [0.5, 0.6) is 0 Å². The Morgan fingerprint density at radius 1 is 0.545 bits per heavy atom. The molecule has 0 N–H and O–H groups in total. The van der Waals surface area contributed by atoms with E-state index in [0.29, 0.717) is 0 Å². The predicted molar refractivity (Wildman–Crippen MR) is 141 cm³/mol. The summed E-state index contributed by atoms with van der Waals surface area (Å²) in [7, 11) is -2.47. The SMILES string of the molecule is Cc1cccc2oc3cc4c(cc3c12)-c1ccccc1[Si]4(c1ccccc1)c1ccccc1. The molecule has 0 fully saturated rings. The smallest absolute Gasteiger partial charge is 0.181 e. The van der Waals surface area contributed by atoms with Crippen molar-refractivity contribution in [3.05, 3.63) is 121 Å². The first kappa shape index (κ1) is 18.7. The highest BCUT2D eigenvalue weighted by Gasteiger charge is 2.48. The van der Waals surface area contributed by atoms with Crippen molar-refractivity contribution in [1.82, 2.24) is 0 Å². The van der Waals surface area contributed by atoms with Crippen LogP contribution in [-0.2, 0) is 0 Å². The summed E-state index contributed by atoms with van der Waals surface area (Å²) in [4.78, 5) is 0. The molecule has 0 unspecified atom stereocenters. The van der Waals surface area contributed by atoms with Crippen molar-refractivity contribution in [1.29, 1.82) is 0 Å². The van der Waals surface area contributed by atoms with Crippen molar-refractivity contribution in [2.24, 2.45) is 0 Å². The van der Waals surface area contributed by atoms with Crippen molar-refractivity contribution in [3.8, 4) is 11.1 Å². The molecule has 33 heavy (non-hydrogen) atoms. The van der Waals surface area contributed by atoms with E-state index in [1.807, 2.05) is 0 Å². The molecule has 1 aliphatic heterocycles. The third-order valence-corrected chi connectivity index (χ3v) is 12.1. The molecule has 7 rings (SSSR count). The Morgan fingerprint density at radius 3 is 1.94 bits per heavy atom. The molecule has 0 atom stereocenters. The summed E-state index contributed by atoms with van der Waals surface area (Å²) in [6.07, 6.45) is 0. The Morgan fingerprint density at radius 2 is 1.21 bits per heavy atom. The number of fused-ring (bicyclic) bond motifs is 6. The minimum Gasteiger partial charge on any atom is -0.456 e. The van der Waals surface area contributed by atoms with Gasteiger partial charge in [-0.2, -0.15) is 0 Å². The van der Waals surface area contributed by atoms with Crippen LogP contribution in [0.25, 0.3) is 33.1 Å². The Hall–Kier alpha value is -3.88. The van der Waals surface area contributed by atoms with E-state index >= 15 is 0 Å². The van der Waals surface area contributed by atoms with E-state index in [9.17, 15) is 0 Å². The van der Waals surface area contributed by atoms with Gasteiger partial charge in [0.05, 0.1) is 0 Å². The van der Waals surface area contributed by atoms with Gasteiger partial charge in [0.15, 0.2) is 8.07 Å². The van der Waals surface area contributed by atoms with Gasteiger partial charge in [-0.25, -0.2) is 0 Å². The van der Waals surface area contributed by atoms with Crippen LogP contribution in [0.2, 0.25) is 0 Å². The minimum absolute atomic E-state index is 0.966. The van der Waals surface area contributed by atoms with Crippen molar-refractivity contribution in [3.63, 3.8) is 0 Å². The molecule has 156 valence electrons. The molecule has 0 spiro atoms. The number of furan rings is 1. The number of hydrogen-bond acceptors (Lipinski definition) is 1. The molecule has 1 nitrogen and oxygen atoms in total. The average molecular weight is 439 g/mol. The molecule has 0 saturated heterocycles. The third-order valence-electron chi connectivity index (χ3n) is 7.28. The molecule has 6 aromatic rings. The highest BCUT2D eigenvalue weighted by Crippen LogP contribution is 2.36. The lowest BCUT2D eigenvalue weighted by Gasteiger charge is -2.31. The molecule has 0 radical (unpaired) electrons. The monoisotopic (exact) mass is 438 g/mol. The zero-order chi connectivity index (χ0) is 22.0. The molecule has 2 heterocycles. The minimum atomic E-state index is -2.47. The van der Waals surface area contributed by atoms with Crippen LogP contribution in [0.3, 0.4) is 0 Å². The Labute approximate surface area is 194 Å². The number of rotatable bonds is 2. The van der Waals surface area contributed by atoms with Gasteiger partial charge >= 0.3 is 0 Å². The van der Waals surface area contributed by atoms with Crippen LogP contribution < -0.4 is 20.7 Å². The molecule has 1 aliphatic rings. The average Bonchev–Trinajstić information content (AvgIpc) is 3.38. The first-order valence-corrected chi connectivity index (χ1v) is 13.5. The Bertz CT molecular complexity index is 1620. The maximum Gasteiger partial charge on any atom is 0.181 e. The van der Waals surface area contributed by atoms with Gasteiger partial charge in [0.25, 0.3) is 0 Å². The normalized spacial score (nSPS) is 13.8. The van der Waals surface area contributed by atoms with Crippen LogP contribution in [0.15, 0.2) is 120 Å². The quantitative estimate of drug-likeness (QED) is 0.336.